The molecule has 0 radical (unpaired) electrons. The lowest BCUT2D eigenvalue weighted by Gasteiger charge is -2.38. The van der Waals surface area contributed by atoms with Crippen LogP contribution in [0.4, 0.5) is 0 Å². The molecule has 0 aliphatic carbocycles. The highest BCUT2D eigenvalue weighted by atomic mass is 16.5. The molecule has 3 aliphatic heterocycles. The summed E-state index contributed by atoms with van der Waals surface area (Å²) in [6, 6.07) is 9.96. The van der Waals surface area contributed by atoms with E-state index in [2.05, 4.69) is 15.6 Å². The van der Waals surface area contributed by atoms with E-state index in [-0.39, 0.29) is 31.3 Å². The molecule has 12 nitrogen and oxygen atoms in total. The molecule has 2 aromatic rings. The summed E-state index contributed by atoms with van der Waals surface area (Å²) in [5.41, 5.74) is 1.79. The van der Waals surface area contributed by atoms with Crippen molar-refractivity contribution in [2.75, 3.05) is 33.3 Å². The van der Waals surface area contributed by atoms with E-state index in [1.165, 1.54) is 4.90 Å². The van der Waals surface area contributed by atoms with Crippen LogP contribution in [-0.2, 0) is 36.9 Å². The van der Waals surface area contributed by atoms with E-state index in [4.69, 9.17) is 4.74 Å². The molecule has 44 heavy (non-hydrogen) atoms. The predicted octanol–water partition coefficient (Wildman–Crippen LogP) is 0.0972. The zero-order valence-electron chi connectivity index (χ0n) is 25.3. The molecule has 6 atom stereocenters. The van der Waals surface area contributed by atoms with Crippen LogP contribution in [0.5, 0.6) is 0 Å². The van der Waals surface area contributed by atoms with Crippen molar-refractivity contribution in [1.82, 2.24) is 30.3 Å². The van der Waals surface area contributed by atoms with E-state index in [1.807, 2.05) is 47.4 Å². The van der Waals surface area contributed by atoms with E-state index < -0.39 is 48.2 Å². The summed E-state index contributed by atoms with van der Waals surface area (Å²) in [6.45, 7) is 3.00. The molecule has 236 valence electrons. The number of carbonyl (C=O) groups is 4. The van der Waals surface area contributed by atoms with Crippen molar-refractivity contribution in [3.63, 3.8) is 0 Å². The van der Waals surface area contributed by atoms with Crippen LogP contribution in [0.1, 0.15) is 37.3 Å². The second-order valence-corrected chi connectivity index (χ2v) is 11.9. The van der Waals surface area contributed by atoms with Gasteiger partial charge in [0.25, 0.3) is 0 Å². The fourth-order valence-electron chi connectivity index (χ4n) is 6.22. The van der Waals surface area contributed by atoms with Crippen LogP contribution >= 0.6 is 0 Å². The molecule has 0 spiro atoms. The van der Waals surface area contributed by atoms with Crippen LogP contribution in [0, 0.1) is 0 Å². The lowest BCUT2D eigenvalue weighted by atomic mass is 9.97. The Bertz CT molecular complexity index is 1310. The molecule has 3 aliphatic rings. The summed E-state index contributed by atoms with van der Waals surface area (Å²) in [6.07, 6.45) is 3.44. The molecule has 1 aromatic carbocycles. The number of amides is 4. The van der Waals surface area contributed by atoms with Gasteiger partial charge in [0.05, 0.1) is 18.7 Å². The third kappa shape index (κ3) is 7.43. The Morgan fingerprint density at radius 2 is 1.73 bits per heavy atom. The molecule has 1 aromatic heterocycles. The molecule has 3 N–H and O–H groups in total. The Hall–Kier alpha value is -3.87. The standard InChI is InChI=1S/C32H42N6O6/c1-21-30(41)35-25(17-22-7-4-3-5-8-22)31(42)34-24-12-16-44-27(29(24)40)19-37(18-23-10-13-33-14-11-23)20-28(39)38-15-6-9-26(38)32(43)36(21)2/h3-5,7-8,10-11,13-14,21,24-27,29,40H,6,9,12,15-20H2,1-2H3,(H,34,42)(H,35,41)/t21-,24-,25-,26-,27+,29-/m0/s1. The zero-order valence-corrected chi connectivity index (χ0v) is 25.3. The van der Waals surface area contributed by atoms with E-state index >= 15 is 0 Å². The number of benzene rings is 1. The Morgan fingerprint density at radius 3 is 2.48 bits per heavy atom. The van der Waals surface area contributed by atoms with Crippen LogP contribution in [-0.4, -0.2) is 118 Å². The second-order valence-electron chi connectivity index (χ2n) is 11.9. The van der Waals surface area contributed by atoms with Crippen molar-refractivity contribution in [3.05, 3.63) is 66.0 Å². The van der Waals surface area contributed by atoms with Gasteiger partial charge < -0.3 is 30.3 Å². The highest BCUT2D eigenvalue weighted by Crippen LogP contribution is 2.23. The number of carbonyl (C=O) groups excluding carboxylic acids is 4. The minimum atomic E-state index is -1.04. The molecule has 12 heteroatoms. The van der Waals surface area contributed by atoms with Gasteiger partial charge in [-0.15, -0.1) is 0 Å². The molecule has 4 heterocycles. The number of nitrogens with zero attached hydrogens (tertiary/aromatic N) is 4. The van der Waals surface area contributed by atoms with Gasteiger partial charge in [0.2, 0.25) is 23.6 Å². The molecule has 2 bridgehead atoms. The first kappa shape index (κ1) is 31.6. The summed E-state index contributed by atoms with van der Waals surface area (Å²) in [7, 11) is 1.56. The summed E-state index contributed by atoms with van der Waals surface area (Å²) >= 11 is 0. The van der Waals surface area contributed by atoms with Gasteiger partial charge in [-0.05, 0) is 49.4 Å². The number of hydrogen-bond acceptors (Lipinski definition) is 8. The predicted molar refractivity (Wildman–Crippen MR) is 161 cm³/mol. The number of aromatic nitrogens is 1. The summed E-state index contributed by atoms with van der Waals surface area (Å²) in [5.74, 6) is -1.43. The normalized spacial score (nSPS) is 29.5. The van der Waals surface area contributed by atoms with Gasteiger partial charge in [-0.25, -0.2) is 0 Å². The summed E-state index contributed by atoms with van der Waals surface area (Å²) < 4.78 is 5.98. The Balaban J connectivity index is 1.46. The van der Waals surface area contributed by atoms with Crippen molar-refractivity contribution in [2.45, 2.75) is 75.5 Å². The number of fused-ring (bicyclic) bond motifs is 3. The van der Waals surface area contributed by atoms with Gasteiger partial charge in [-0.3, -0.25) is 29.1 Å². The van der Waals surface area contributed by atoms with Crippen molar-refractivity contribution < 1.29 is 29.0 Å². The molecular weight excluding hydrogens is 564 g/mol. The number of nitrogens with one attached hydrogen (secondary N) is 2. The van der Waals surface area contributed by atoms with Gasteiger partial charge in [0, 0.05) is 52.1 Å². The van der Waals surface area contributed by atoms with Crippen LogP contribution in [0.25, 0.3) is 0 Å². The number of pyridine rings is 1. The van der Waals surface area contributed by atoms with E-state index in [1.54, 1.807) is 31.3 Å². The number of ether oxygens (including phenoxy) is 1. The van der Waals surface area contributed by atoms with Crippen molar-refractivity contribution in [2.24, 2.45) is 0 Å². The Kier molecular flexibility index (Phi) is 10.2. The maximum absolute atomic E-state index is 13.7. The largest absolute Gasteiger partial charge is 0.388 e. The summed E-state index contributed by atoms with van der Waals surface area (Å²) in [5, 5.41) is 17.2. The molecule has 4 amide bonds. The van der Waals surface area contributed by atoms with Gasteiger partial charge in [-0.2, -0.15) is 0 Å². The van der Waals surface area contributed by atoms with Gasteiger partial charge >= 0.3 is 0 Å². The van der Waals surface area contributed by atoms with Crippen molar-refractivity contribution in [1.29, 1.82) is 0 Å². The molecule has 0 saturated carbocycles. The molecule has 3 fully saturated rings. The lowest BCUT2D eigenvalue weighted by Crippen LogP contribution is -2.60. The monoisotopic (exact) mass is 606 g/mol. The maximum Gasteiger partial charge on any atom is 0.245 e. The van der Waals surface area contributed by atoms with Crippen LogP contribution < -0.4 is 10.6 Å². The molecular formula is C32H42N6O6. The molecule has 5 rings (SSSR count). The molecule has 0 unspecified atom stereocenters. The average Bonchev–Trinajstić information content (AvgIpc) is 3.52. The quantitative estimate of drug-likeness (QED) is 0.445. The SMILES string of the molecule is C[C@H]1C(=O)N[C@@H](Cc2ccccc2)C(=O)N[C@H]2CCO[C@H](CN(Cc3ccncc3)CC(=O)N3CCC[C@H]3C(=O)N1C)[C@H]2O. The fraction of sp³-hybridized carbons (Fsp3) is 0.531. The first-order valence-corrected chi connectivity index (χ1v) is 15.3. The Morgan fingerprint density at radius 1 is 0.977 bits per heavy atom. The van der Waals surface area contributed by atoms with Crippen LogP contribution in [0.3, 0.4) is 0 Å². The minimum absolute atomic E-state index is 0.00854. The van der Waals surface area contributed by atoms with Crippen LogP contribution in [0.2, 0.25) is 0 Å². The number of aliphatic hydroxyl groups is 1. The first-order chi connectivity index (χ1) is 21.2. The van der Waals surface area contributed by atoms with E-state index in [9.17, 15) is 24.3 Å². The second kappa shape index (κ2) is 14.3. The smallest absolute Gasteiger partial charge is 0.245 e. The molecule has 3 saturated heterocycles. The highest BCUT2D eigenvalue weighted by Gasteiger charge is 2.41. The van der Waals surface area contributed by atoms with Crippen molar-refractivity contribution in [3.8, 4) is 0 Å². The van der Waals surface area contributed by atoms with Gasteiger partial charge in [0.15, 0.2) is 0 Å². The lowest BCUT2D eigenvalue weighted by molar-refractivity contribution is -0.147. The third-order valence-corrected chi connectivity index (χ3v) is 8.92. The maximum atomic E-state index is 13.7. The number of rotatable bonds is 4. The zero-order chi connectivity index (χ0) is 31.2. The number of aliphatic hydroxyl groups excluding tert-OH is 1. The van der Waals surface area contributed by atoms with E-state index in [0.717, 1.165) is 11.1 Å². The van der Waals surface area contributed by atoms with Gasteiger partial charge in [-0.1, -0.05) is 30.3 Å². The minimum Gasteiger partial charge on any atom is -0.388 e. The van der Waals surface area contributed by atoms with Crippen LogP contribution in [0.15, 0.2) is 54.9 Å². The fourth-order valence-corrected chi connectivity index (χ4v) is 6.22. The van der Waals surface area contributed by atoms with E-state index in [0.29, 0.717) is 39.0 Å². The first-order valence-electron chi connectivity index (χ1n) is 15.3. The number of likely N-dealkylation sites (N-methyl/N-ethyl adjacent to an activating group) is 1. The van der Waals surface area contributed by atoms with Gasteiger partial charge in [0.1, 0.15) is 24.2 Å². The Labute approximate surface area is 257 Å². The third-order valence-electron chi connectivity index (χ3n) is 8.92. The summed E-state index contributed by atoms with van der Waals surface area (Å²) in [4.78, 5) is 63.5. The van der Waals surface area contributed by atoms with Crippen molar-refractivity contribution >= 4 is 23.6 Å². The highest BCUT2D eigenvalue weighted by molar-refractivity contribution is 5.94. The number of hydrogen-bond donors (Lipinski definition) is 3. The average molecular weight is 607 g/mol. The topological polar surface area (TPSA) is 144 Å².